The van der Waals surface area contributed by atoms with E-state index in [4.69, 9.17) is 4.74 Å². The maximum atomic E-state index is 15.6. The third kappa shape index (κ3) is 6.32. The van der Waals surface area contributed by atoms with Gasteiger partial charge in [0.05, 0.1) is 23.7 Å². The molecule has 1 unspecified atom stereocenters. The zero-order valence-corrected chi connectivity index (χ0v) is 26.4. The van der Waals surface area contributed by atoms with Crippen LogP contribution in [0.25, 0.3) is 11.1 Å². The van der Waals surface area contributed by atoms with Gasteiger partial charge in [0.1, 0.15) is 11.6 Å². The lowest BCUT2D eigenvalue weighted by Gasteiger charge is -2.36. The minimum atomic E-state index is -0.638. The number of aromatic nitrogens is 1. The highest BCUT2D eigenvalue weighted by Gasteiger charge is 2.33. The summed E-state index contributed by atoms with van der Waals surface area (Å²) in [5.74, 6) is -1.19. The van der Waals surface area contributed by atoms with Crippen LogP contribution >= 0.6 is 11.8 Å². The number of thioether (sulfide) groups is 1. The van der Waals surface area contributed by atoms with Crippen molar-refractivity contribution in [2.24, 2.45) is 0 Å². The van der Waals surface area contributed by atoms with Crippen LogP contribution in [-0.4, -0.2) is 91.0 Å². The quantitative estimate of drug-likeness (QED) is 0.292. The Kier molecular flexibility index (Phi) is 9.71. The third-order valence-corrected chi connectivity index (χ3v) is 10.7. The topological polar surface area (TPSA) is 41.0 Å². The van der Waals surface area contributed by atoms with Crippen LogP contribution in [0, 0.1) is 24.4 Å². The number of fused-ring (bicyclic) bond motifs is 1. The minimum Gasteiger partial charge on any atom is -0.494 e. The summed E-state index contributed by atoms with van der Waals surface area (Å²) in [4.78, 5) is 21.8. The van der Waals surface area contributed by atoms with E-state index in [1.165, 1.54) is 70.3 Å². The SMILES string of the molecule is COc1cccc(-c2c(C)c(Cc3c(F)cccc3F)c3n(c2=O)C(CN2CCN(CCCN4CCCC4)CC2)CS3)c1F. The molecule has 0 radical (unpaired) electrons. The van der Waals surface area contributed by atoms with E-state index < -0.39 is 17.5 Å². The van der Waals surface area contributed by atoms with Gasteiger partial charge >= 0.3 is 0 Å². The van der Waals surface area contributed by atoms with E-state index in [0.29, 0.717) is 28.5 Å². The predicted molar refractivity (Wildman–Crippen MR) is 169 cm³/mol. The largest absolute Gasteiger partial charge is 0.494 e. The minimum absolute atomic E-state index is 0.0334. The Hall–Kier alpha value is -2.79. The molecule has 3 aromatic rings. The first-order valence-electron chi connectivity index (χ1n) is 15.7. The smallest absolute Gasteiger partial charge is 0.260 e. The number of ether oxygens (including phenoxy) is 1. The summed E-state index contributed by atoms with van der Waals surface area (Å²) < 4.78 is 52.3. The van der Waals surface area contributed by atoms with Crippen LogP contribution in [0.1, 0.15) is 42.0 Å². The molecule has 0 spiro atoms. The van der Waals surface area contributed by atoms with Crippen LogP contribution in [-0.2, 0) is 6.42 Å². The molecule has 3 aliphatic heterocycles. The molecule has 0 bridgehead atoms. The highest BCUT2D eigenvalue weighted by atomic mass is 32.2. The molecule has 6 nitrogen and oxygen atoms in total. The van der Waals surface area contributed by atoms with Crippen LogP contribution < -0.4 is 10.3 Å². The van der Waals surface area contributed by atoms with E-state index in [1.54, 1.807) is 35.4 Å². The summed E-state index contributed by atoms with van der Waals surface area (Å²) in [5.41, 5.74) is 1.20. The molecular formula is C34H41F3N4O2S. The zero-order valence-electron chi connectivity index (χ0n) is 25.6. The number of hydrogen-bond acceptors (Lipinski definition) is 6. The molecule has 236 valence electrons. The van der Waals surface area contributed by atoms with E-state index in [0.717, 1.165) is 32.7 Å². The number of pyridine rings is 1. The van der Waals surface area contributed by atoms with Crippen molar-refractivity contribution in [3.05, 3.63) is 80.9 Å². The monoisotopic (exact) mass is 626 g/mol. The molecule has 0 aliphatic carbocycles. The number of piperazine rings is 1. The molecule has 1 atom stereocenters. The number of likely N-dealkylation sites (tertiary alicyclic amines) is 1. The van der Waals surface area contributed by atoms with Crippen molar-refractivity contribution < 1.29 is 17.9 Å². The second-order valence-electron chi connectivity index (χ2n) is 12.2. The standard InChI is InChI=1S/C34H41F3N4O2S/c1-23-26(20-27-28(35)9-6-10-29(27)36)34-41(33(42)31(23)25-8-5-11-30(43-2)32(25)37)24(22-44-34)21-40-18-16-39(17-19-40)15-7-14-38-12-3-4-13-38/h5-6,8-11,24H,3-4,7,12-22H2,1-2H3. The number of hydrogen-bond donors (Lipinski definition) is 0. The summed E-state index contributed by atoms with van der Waals surface area (Å²) in [6.45, 7) is 11.0. The Labute approximate surface area is 261 Å². The van der Waals surface area contributed by atoms with Crippen molar-refractivity contribution in [1.82, 2.24) is 19.3 Å². The number of halogens is 3. The van der Waals surface area contributed by atoms with Crippen LogP contribution in [0.4, 0.5) is 13.2 Å². The van der Waals surface area contributed by atoms with E-state index in [2.05, 4.69) is 14.7 Å². The number of nitrogens with zero attached hydrogens (tertiary/aromatic N) is 4. The molecule has 0 amide bonds. The molecule has 44 heavy (non-hydrogen) atoms. The number of rotatable bonds is 10. The second kappa shape index (κ2) is 13.7. The molecule has 2 saturated heterocycles. The molecule has 1 aromatic heterocycles. The van der Waals surface area contributed by atoms with Gasteiger partial charge in [-0.15, -0.1) is 11.8 Å². The van der Waals surface area contributed by atoms with Crippen LogP contribution in [0.3, 0.4) is 0 Å². The summed E-state index contributed by atoms with van der Waals surface area (Å²) in [6.07, 6.45) is 3.80. The van der Waals surface area contributed by atoms with Gasteiger partial charge in [-0.1, -0.05) is 18.2 Å². The molecule has 0 N–H and O–H groups in total. The lowest BCUT2D eigenvalue weighted by Crippen LogP contribution is -2.48. The van der Waals surface area contributed by atoms with E-state index in [1.807, 2.05) is 0 Å². The fraction of sp³-hybridized carbons (Fsp3) is 0.500. The molecular weight excluding hydrogens is 585 g/mol. The van der Waals surface area contributed by atoms with Gasteiger partial charge in [-0.2, -0.15) is 0 Å². The summed E-state index contributed by atoms with van der Waals surface area (Å²) in [5, 5.41) is 0.716. The van der Waals surface area contributed by atoms with Crippen LogP contribution in [0.2, 0.25) is 0 Å². The van der Waals surface area contributed by atoms with Crippen molar-refractivity contribution in [2.45, 2.75) is 43.7 Å². The van der Waals surface area contributed by atoms with Gasteiger partial charge in [-0.25, -0.2) is 13.2 Å². The Balaban J connectivity index is 1.27. The van der Waals surface area contributed by atoms with Crippen molar-refractivity contribution in [3.8, 4) is 16.9 Å². The average molecular weight is 627 g/mol. The van der Waals surface area contributed by atoms with E-state index >= 15 is 4.39 Å². The molecule has 10 heteroatoms. The Morgan fingerprint density at radius 1 is 0.864 bits per heavy atom. The summed E-state index contributed by atoms with van der Waals surface area (Å²) in [6, 6.07) is 8.43. The summed E-state index contributed by atoms with van der Waals surface area (Å²) >= 11 is 1.55. The van der Waals surface area contributed by atoms with Crippen molar-refractivity contribution in [3.63, 3.8) is 0 Å². The Bertz CT molecular complexity index is 1530. The first-order valence-corrected chi connectivity index (χ1v) is 16.7. The van der Waals surface area contributed by atoms with Gasteiger partial charge < -0.3 is 14.5 Å². The molecule has 6 rings (SSSR count). The average Bonchev–Trinajstić information content (AvgIpc) is 3.69. The fourth-order valence-corrected chi connectivity index (χ4v) is 8.36. The highest BCUT2D eigenvalue weighted by molar-refractivity contribution is 7.99. The highest BCUT2D eigenvalue weighted by Crippen LogP contribution is 2.41. The van der Waals surface area contributed by atoms with E-state index in [9.17, 15) is 13.6 Å². The first kappa shape index (κ1) is 31.2. The lowest BCUT2D eigenvalue weighted by atomic mass is 9.94. The van der Waals surface area contributed by atoms with Gasteiger partial charge in [0.2, 0.25) is 0 Å². The molecule has 2 fully saturated rings. The first-order chi connectivity index (χ1) is 21.4. The van der Waals surface area contributed by atoms with Gasteiger partial charge in [-0.3, -0.25) is 14.3 Å². The third-order valence-electron chi connectivity index (χ3n) is 9.46. The second-order valence-corrected chi connectivity index (χ2v) is 13.2. The van der Waals surface area contributed by atoms with Crippen LogP contribution in [0.5, 0.6) is 5.75 Å². The van der Waals surface area contributed by atoms with E-state index in [-0.39, 0.29) is 40.5 Å². The maximum Gasteiger partial charge on any atom is 0.260 e. The van der Waals surface area contributed by atoms with Gasteiger partial charge in [0, 0.05) is 56.0 Å². The Morgan fingerprint density at radius 2 is 1.50 bits per heavy atom. The van der Waals surface area contributed by atoms with Crippen molar-refractivity contribution in [2.75, 3.05) is 71.8 Å². The molecule has 4 heterocycles. The molecule has 2 aromatic carbocycles. The molecule has 3 aliphatic rings. The zero-order chi connectivity index (χ0) is 30.8. The van der Waals surface area contributed by atoms with Gasteiger partial charge in [0.15, 0.2) is 11.6 Å². The van der Waals surface area contributed by atoms with Gasteiger partial charge in [0.25, 0.3) is 5.56 Å². The van der Waals surface area contributed by atoms with Gasteiger partial charge in [-0.05, 0) is 81.7 Å². The lowest BCUT2D eigenvalue weighted by molar-refractivity contribution is 0.117. The van der Waals surface area contributed by atoms with Crippen molar-refractivity contribution >= 4 is 11.8 Å². The fourth-order valence-electron chi connectivity index (χ4n) is 6.98. The number of benzene rings is 2. The number of methoxy groups -OCH3 is 1. The predicted octanol–water partition coefficient (Wildman–Crippen LogP) is 5.59. The maximum absolute atomic E-state index is 15.6. The summed E-state index contributed by atoms with van der Waals surface area (Å²) in [7, 11) is 1.39. The Morgan fingerprint density at radius 3 is 2.18 bits per heavy atom. The molecule has 0 saturated carbocycles. The van der Waals surface area contributed by atoms with Crippen LogP contribution in [0.15, 0.2) is 46.2 Å². The normalized spacial score (nSPS) is 19.5. The van der Waals surface area contributed by atoms with Crippen molar-refractivity contribution in [1.29, 1.82) is 0 Å².